The zero-order valence-corrected chi connectivity index (χ0v) is 15.5. The Morgan fingerprint density at radius 3 is 2.58 bits per heavy atom. The second kappa shape index (κ2) is 6.56. The van der Waals surface area contributed by atoms with Gasteiger partial charge < -0.3 is 20.2 Å². The molecule has 0 radical (unpaired) electrons. The Balaban J connectivity index is 1.21. The summed E-state index contributed by atoms with van der Waals surface area (Å²) in [5, 5.41) is 6.92. The molecule has 1 atom stereocenters. The van der Waals surface area contributed by atoms with E-state index in [9.17, 15) is 9.59 Å². The van der Waals surface area contributed by atoms with E-state index in [1.54, 1.807) is 18.2 Å². The lowest BCUT2D eigenvalue weighted by atomic mass is 9.44. The Morgan fingerprint density at radius 1 is 1.19 bits per heavy atom. The van der Waals surface area contributed by atoms with Crippen LogP contribution in [0.3, 0.4) is 0 Å². The Labute approximate surface area is 160 Å². The van der Waals surface area contributed by atoms with Crippen LogP contribution in [0.1, 0.15) is 19.3 Å². The zero-order valence-electron chi connectivity index (χ0n) is 13.9. The molecule has 2 bridgehead atoms. The van der Waals surface area contributed by atoms with Crippen LogP contribution in [0.25, 0.3) is 0 Å². The van der Waals surface area contributed by atoms with Crippen LogP contribution in [0.2, 0.25) is 10.0 Å². The number of amides is 2. The Kier molecular flexibility index (Phi) is 4.51. The van der Waals surface area contributed by atoms with Crippen LogP contribution in [0, 0.1) is 5.92 Å². The molecule has 0 spiro atoms. The maximum Gasteiger partial charge on any atom is 0.258 e. The van der Waals surface area contributed by atoms with E-state index in [4.69, 9.17) is 32.8 Å². The van der Waals surface area contributed by atoms with E-state index in [-0.39, 0.29) is 35.4 Å². The molecule has 4 aliphatic rings. The van der Waals surface area contributed by atoms with Crippen molar-refractivity contribution < 1.29 is 19.2 Å². The van der Waals surface area contributed by atoms with Crippen LogP contribution in [-0.2, 0) is 14.4 Å². The lowest BCUT2D eigenvalue weighted by Crippen LogP contribution is -2.84. The van der Waals surface area contributed by atoms with Gasteiger partial charge in [-0.2, -0.15) is 0 Å². The first-order chi connectivity index (χ1) is 12.4. The number of hydrogen-bond donors (Lipinski definition) is 3. The van der Waals surface area contributed by atoms with Crippen molar-refractivity contribution in [3.05, 3.63) is 28.2 Å². The van der Waals surface area contributed by atoms with Crippen molar-refractivity contribution in [2.75, 3.05) is 19.8 Å². The van der Waals surface area contributed by atoms with Crippen molar-refractivity contribution >= 4 is 35.0 Å². The van der Waals surface area contributed by atoms with Gasteiger partial charge in [-0.1, -0.05) is 23.2 Å². The molecule has 5 rings (SSSR count). The fourth-order valence-corrected chi connectivity index (χ4v) is 4.30. The molecule has 140 valence electrons. The number of benzene rings is 1. The van der Waals surface area contributed by atoms with E-state index in [2.05, 4.69) is 16.1 Å². The van der Waals surface area contributed by atoms with E-state index in [0.717, 1.165) is 19.3 Å². The van der Waals surface area contributed by atoms with Crippen molar-refractivity contribution in [1.82, 2.24) is 16.1 Å². The third-order valence-corrected chi connectivity index (χ3v) is 5.91. The predicted molar refractivity (Wildman–Crippen MR) is 95.0 cm³/mol. The average Bonchev–Trinajstić information content (AvgIpc) is 3.07. The summed E-state index contributed by atoms with van der Waals surface area (Å²) in [4.78, 5) is 29.3. The summed E-state index contributed by atoms with van der Waals surface area (Å²) in [6, 6.07) is 4.86. The SMILES string of the molecule is O=C(COc1ccc(Cl)c(Cl)c1)NC12CC(NC(=O)C3CNOC3)(C1)C2. The molecule has 1 heterocycles. The quantitative estimate of drug-likeness (QED) is 0.673. The highest BCUT2D eigenvalue weighted by molar-refractivity contribution is 6.42. The predicted octanol–water partition coefficient (Wildman–Crippen LogP) is 1.43. The molecule has 3 N–H and O–H groups in total. The number of ether oxygens (including phenoxy) is 1. The lowest BCUT2D eigenvalue weighted by Gasteiger charge is -2.70. The number of hydroxylamine groups is 1. The highest BCUT2D eigenvalue weighted by Gasteiger charge is 2.69. The first-order valence-corrected chi connectivity index (χ1v) is 9.20. The number of halogens is 2. The number of hydrogen-bond acceptors (Lipinski definition) is 5. The molecule has 7 nitrogen and oxygen atoms in total. The van der Waals surface area contributed by atoms with Crippen molar-refractivity contribution in [3.63, 3.8) is 0 Å². The molecule has 0 aromatic heterocycles. The van der Waals surface area contributed by atoms with Gasteiger partial charge in [0.2, 0.25) is 5.91 Å². The van der Waals surface area contributed by atoms with Gasteiger partial charge in [0.05, 0.1) is 22.6 Å². The topological polar surface area (TPSA) is 88.7 Å². The van der Waals surface area contributed by atoms with Gasteiger partial charge in [-0.05, 0) is 31.4 Å². The second-order valence-electron chi connectivity index (χ2n) is 7.35. The summed E-state index contributed by atoms with van der Waals surface area (Å²) in [5.74, 6) is 0.166. The normalized spacial score (nSPS) is 31.5. The van der Waals surface area contributed by atoms with Crippen LogP contribution in [0.4, 0.5) is 0 Å². The standard InChI is InChI=1S/C17H19Cl2N3O4/c18-12-2-1-11(3-13(12)19)25-6-14(23)21-16-7-17(8-16,9-16)22-15(24)10-4-20-26-5-10/h1-3,10,20H,4-9H2,(H,21,23)(H,22,24). The Morgan fingerprint density at radius 2 is 1.92 bits per heavy atom. The lowest BCUT2D eigenvalue weighted by molar-refractivity contribution is -0.152. The molecule has 9 heteroatoms. The minimum atomic E-state index is -0.213. The van der Waals surface area contributed by atoms with Crippen LogP contribution in [0.15, 0.2) is 18.2 Å². The third kappa shape index (κ3) is 3.36. The zero-order chi connectivity index (χ0) is 18.4. The molecule has 1 aromatic rings. The van der Waals surface area contributed by atoms with Gasteiger partial charge in [-0.3, -0.25) is 9.59 Å². The number of carbonyl (C=O) groups excluding carboxylic acids is 2. The average molecular weight is 400 g/mol. The second-order valence-corrected chi connectivity index (χ2v) is 8.16. The molecule has 1 saturated heterocycles. The van der Waals surface area contributed by atoms with E-state index >= 15 is 0 Å². The van der Waals surface area contributed by atoms with Crippen LogP contribution in [0.5, 0.6) is 5.75 Å². The molecule has 26 heavy (non-hydrogen) atoms. The number of rotatable bonds is 6. The Bertz CT molecular complexity index is 732. The van der Waals surface area contributed by atoms with Gasteiger partial charge in [0.25, 0.3) is 5.91 Å². The van der Waals surface area contributed by atoms with Gasteiger partial charge in [0.1, 0.15) is 5.75 Å². The molecule has 2 amide bonds. The summed E-state index contributed by atoms with van der Waals surface area (Å²) in [5.41, 5.74) is 2.33. The summed E-state index contributed by atoms with van der Waals surface area (Å²) >= 11 is 11.8. The Hall–Kier alpha value is -1.54. The minimum Gasteiger partial charge on any atom is -0.484 e. The van der Waals surface area contributed by atoms with Gasteiger partial charge in [0, 0.05) is 23.7 Å². The first kappa shape index (κ1) is 17.9. The largest absolute Gasteiger partial charge is 0.484 e. The molecule has 3 saturated carbocycles. The molecule has 4 fully saturated rings. The summed E-state index contributed by atoms with van der Waals surface area (Å²) < 4.78 is 5.45. The molecule has 1 aromatic carbocycles. The van der Waals surface area contributed by atoms with Crippen LogP contribution >= 0.6 is 23.2 Å². The van der Waals surface area contributed by atoms with E-state index in [1.165, 1.54) is 0 Å². The van der Waals surface area contributed by atoms with Gasteiger partial charge >= 0.3 is 0 Å². The van der Waals surface area contributed by atoms with E-state index in [0.29, 0.717) is 28.9 Å². The molecular formula is C17H19Cl2N3O4. The maximum atomic E-state index is 12.2. The highest BCUT2D eigenvalue weighted by atomic mass is 35.5. The monoisotopic (exact) mass is 399 g/mol. The van der Waals surface area contributed by atoms with Crippen molar-refractivity contribution in [3.8, 4) is 5.75 Å². The van der Waals surface area contributed by atoms with Crippen molar-refractivity contribution in [1.29, 1.82) is 0 Å². The number of nitrogens with one attached hydrogen (secondary N) is 3. The first-order valence-electron chi connectivity index (χ1n) is 8.44. The smallest absolute Gasteiger partial charge is 0.258 e. The van der Waals surface area contributed by atoms with E-state index < -0.39 is 0 Å². The van der Waals surface area contributed by atoms with Gasteiger partial charge in [-0.15, -0.1) is 0 Å². The van der Waals surface area contributed by atoms with Crippen molar-refractivity contribution in [2.45, 2.75) is 30.3 Å². The molecule has 3 aliphatic carbocycles. The number of carbonyl (C=O) groups is 2. The van der Waals surface area contributed by atoms with Gasteiger partial charge in [-0.25, -0.2) is 5.48 Å². The fourth-order valence-electron chi connectivity index (χ4n) is 4.01. The summed E-state index contributed by atoms with van der Waals surface area (Å²) in [7, 11) is 0. The van der Waals surface area contributed by atoms with Crippen LogP contribution < -0.4 is 20.9 Å². The van der Waals surface area contributed by atoms with Crippen LogP contribution in [-0.4, -0.2) is 42.7 Å². The fraction of sp³-hybridized carbons (Fsp3) is 0.529. The van der Waals surface area contributed by atoms with Crippen molar-refractivity contribution in [2.24, 2.45) is 5.92 Å². The summed E-state index contributed by atoms with van der Waals surface area (Å²) in [6.45, 7) is 0.843. The molecular weight excluding hydrogens is 381 g/mol. The highest BCUT2D eigenvalue weighted by Crippen LogP contribution is 2.60. The third-order valence-electron chi connectivity index (χ3n) is 5.17. The van der Waals surface area contributed by atoms with Gasteiger partial charge in [0.15, 0.2) is 6.61 Å². The molecule has 1 unspecified atom stereocenters. The van der Waals surface area contributed by atoms with E-state index in [1.807, 2.05) is 0 Å². The molecule has 1 aliphatic heterocycles. The maximum absolute atomic E-state index is 12.2. The summed E-state index contributed by atoms with van der Waals surface area (Å²) in [6.07, 6.45) is 2.27. The minimum absolute atomic E-state index is 0.0116.